The van der Waals surface area contributed by atoms with E-state index in [4.69, 9.17) is 23.7 Å². The van der Waals surface area contributed by atoms with E-state index in [0.717, 1.165) is 0 Å². The van der Waals surface area contributed by atoms with Gasteiger partial charge in [-0.1, -0.05) is 0 Å². The predicted molar refractivity (Wildman–Crippen MR) is 139 cm³/mol. The summed E-state index contributed by atoms with van der Waals surface area (Å²) >= 11 is 0. The Balaban J connectivity index is 1.62. The molecular weight excluding hydrogens is 547 g/mol. The van der Waals surface area contributed by atoms with Gasteiger partial charge in [-0.05, 0) is 75.2 Å². The van der Waals surface area contributed by atoms with Gasteiger partial charge in [-0.15, -0.1) is 13.2 Å². The molecule has 0 amide bonds. The van der Waals surface area contributed by atoms with E-state index in [2.05, 4.69) is 19.7 Å². The van der Waals surface area contributed by atoms with Gasteiger partial charge < -0.3 is 28.5 Å². The first kappa shape index (κ1) is 29.2. The van der Waals surface area contributed by atoms with Crippen molar-refractivity contribution in [3.05, 3.63) is 65.8 Å². The SMILES string of the molecule is Cc1cc(OCc2nc(-c3cnc(OC(C)C)nc3)c(-c3ccc(OC(F)(F)F)cc3)o2)c(C)cc1OCC(=O)O. The number of nitrogens with zero attached hydrogens (tertiary/aromatic N) is 3. The van der Waals surface area contributed by atoms with Crippen LogP contribution in [0.25, 0.3) is 22.6 Å². The maximum atomic E-state index is 12.6. The Labute approximate surface area is 232 Å². The molecule has 0 radical (unpaired) electrons. The summed E-state index contributed by atoms with van der Waals surface area (Å²) in [4.78, 5) is 23.8. The third kappa shape index (κ3) is 7.87. The average Bonchev–Trinajstić information content (AvgIpc) is 3.32. The number of rotatable bonds is 11. The summed E-state index contributed by atoms with van der Waals surface area (Å²) in [6.45, 7) is 6.64. The van der Waals surface area contributed by atoms with Crippen LogP contribution < -0.4 is 18.9 Å². The molecule has 0 saturated heterocycles. The average molecular weight is 574 g/mol. The maximum absolute atomic E-state index is 12.6. The molecule has 2 heterocycles. The Morgan fingerprint density at radius 1 is 0.976 bits per heavy atom. The highest BCUT2D eigenvalue weighted by Gasteiger charge is 2.31. The quantitative estimate of drug-likeness (QED) is 0.223. The van der Waals surface area contributed by atoms with Gasteiger partial charge in [-0.3, -0.25) is 0 Å². The molecule has 0 atom stereocenters. The van der Waals surface area contributed by atoms with Crippen molar-refractivity contribution in [2.24, 2.45) is 0 Å². The molecule has 0 bridgehead atoms. The number of carbonyl (C=O) groups is 1. The maximum Gasteiger partial charge on any atom is 0.573 e. The lowest BCUT2D eigenvalue weighted by molar-refractivity contribution is -0.274. The third-order valence-corrected chi connectivity index (χ3v) is 5.44. The van der Waals surface area contributed by atoms with Crippen LogP contribution in [0, 0.1) is 13.8 Å². The van der Waals surface area contributed by atoms with Gasteiger partial charge in [0.25, 0.3) is 0 Å². The van der Waals surface area contributed by atoms with E-state index < -0.39 is 18.9 Å². The van der Waals surface area contributed by atoms with Crippen molar-refractivity contribution < 1.29 is 46.4 Å². The van der Waals surface area contributed by atoms with Crippen LogP contribution in [-0.4, -0.2) is 45.1 Å². The standard InChI is InChI=1S/C28H26F3N3O7/c1-15(2)39-27-32-11-19(12-33-27)25-26(18-5-7-20(8-6-18)41-28(29,30)31)40-23(34-25)13-37-21-9-17(4)22(10-16(21)3)38-14-24(35)36/h5-12,15H,13-14H2,1-4H3,(H,35,36). The fraction of sp³-hybridized carbons (Fsp3) is 0.286. The lowest BCUT2D eigenvalue weighted by atomic mass is 10.1. The van der Waals surface area contributed by atoms with Crippen molar-refractivity contribution in [2.75, 3.05) is 6.61 Å². The minimum absolute atomic E-state index is 0.0900. The monoisotopic (exact) mass is 573 g/mol. The summed E-state index contributed by atoms with van der Waals surface area (Å²) in [5, 5.41) is 8.86. The van der Waals surface area contributed by atoms with Gasteiger partial charge in [-0.25, -0.2) is 19.7 Å². The van der Waals surface area contributed by atoms with E-state index in [1.165, 1.54) is 36.7 Å². The lowest BCUT2D eigenvalue weighted by Crippen LogP contribution is -2.16. The summed E-state index contributed by atoms with van der Waals surface area (Å²) in [6.07, 6.45) is -1.95. The Kier molecular flexibility index (Phi) is 8.65. The predicted octanol–water partition coefficient (Wildman–Crippen LogP) is 6.14. The van der Waals surface area contributed by atoms with E-state index in [-0.39, 0.29) is 36.1 Å². The minimum Gasteiger partial charge on any atom is -0.484 e. The van der Waals surface area contributed by atoms with Crippen molar-refractivity contribution >= 4 is 5.97 Å². The van der Waals surface area contributed by atoms with Crippen molar-refractivity contribution in [2.45, 2.75) is 46.8 Å². The van der Waals surface area contributed by atoms with E-state index >= 15 is 0 Å². The first-order valence-electron chi connectivity index (χ1n) is 12.3. The first-order valence-corrected chi connectivity index (χ1v) is 12.3. The smallest absolute Gasteiger partial charge is 0.484 e. The summed E-state index contributed by atoms with van der Waals surface area (Å²) in [7, 11) is 0. The summed E-state index contributed by atoms with van der Waals surface area (Å²) in [5.74, 6) is -0.122. The number of oxazole rings is 1. The largest absolute Gasteiger partial charge is 0.573 e. The van der Waals surface area contributed by atoms with Gasteiger partial charge >= 0.3 is 18.3 Å². The molecule has 1 N–H and O–H groups in total. The number of benzene rings is 2. The summed E-state index contributed by atoms with van der Waals surface area (Å²) in [6, 6.07) is 8.71. The van der Waals surface area contributed by atoms with Gasteiger partial charge in [0.1, 0.15) is 22.9 Å². The Morgan fingerprint density at radius 2 is 1.59 bits per heavy atom. The number of halogens is 3. The van der Waals surface area contributed by atoms with Crippen LogP contribution >= 0.6 is 0 Å². The number of alkyl halides is 3. The highest BCUT2D eigenvalue weighted by Crippen LogP contribution is 2.35. The molecule has 0 fully saturated rings. The molecule has 0 aliphatic rings. The molecule has 0 saturated carbocycles. The van der Waals surface area contributed by atoms with Crippen LogP contribution in [0.4, 0.5) is 13.2 Å². The number of aryl methyl sites for hydroxylation is 2. The third-order valence-electron chi connectivity index (χ3n) is 5.44. The molecular formula is C28H26F3N3O7. The number of hydrogen-bond donors (Lipinski definition) is 1. The molecule has 0 aliphatic carbocycles. The van der Waals surface area contributed by atoms with Crippen LogP contribution in [0.5, 0.6) is 23.3 Å². The highest BCUT2D eigenvalue weighted by molar-refractivity contribution is 5.76. The molecule has 0 spiro atoms. The molecule has 13 heteroatoms. The number of hydrogen-bond acceptors (Lipinski definition) is 9. The molecule has 216 valence electrons. The van der Waals surface area contributed by atoms with Crippen LogP contribution in [0.15, 0.2) is 53.2 Å². The van der Waals surface area contributed by atoms with Crippen molar-refractivity contribution in [1.82, 2.24) is 15.0 Å². The van der Waals surface area contributed by atoms with Crippen molar-refractivity contribution in [3.63, 3.8) is 0 Å². The van der Waals surface area contributed by atoms with E-state index in [9.17, 15) is 18.0 Å². The van der Waals surface area contributed by atoms with Gasteiger partial charge in [0.05, 0.1) is 6.10 Å². The minimum atomic E-state index is -4.82. The van der Waals surface area contributed by atoms with Crippen LogP contribution in [0.3, 0.4) is 0 Å². The molecule has 10 nitrogen and oxygen atoms in total. The second kappa shape index (κ2) is 12.1. The van der Waals surface area contributed by atoms with Gasteiger partial charge in [0.2, 0.25) is 5.89 Å². The number of carboxylic acids is 1. The fourth-order valence-corrected chi connectivity index (χ4v) is 3.69. The molecule has 2 aromatic heterocycles. The number of aromatic nitrogens is 3. The second-order valence-electron chi connectivity index (χ2n) is 9.13. The van der Waals surface area contributed by atoms with Crippen LogP contribution in [0.1, 0.15) is 30.9 Å². The second-order valence-corrected chi connectivity index (χ2v) is 9.13. The van der Waals surface area contributed by atoms with Crippen LogP contribution in [-0.2, 0) is 11.4 Å². The Bertz CT molecular complexity index is 1500. The van der Waals surface area contributed by atoms with Gasteiger partial charge in [0.15, 0.2) is 19.0 Å². The molecule has 4 aromatic rings. The zero-order valence-corrected chi connectivity index (χ0v) is 22.5. The molecule has 4 rings (SSSR count). The molecule has 41 heavy (non-hydrogen) atoms. The number of carboxylic acid groups (broad SMARTS) is 1. The highest BCUT2D eigenvalue weighted by atomic mass is 19.4. The Morgan fingerprint density at radius 3 is 2.15 bits per heavy atom. The zero-order chi connectivity index (χ0) is 29.7. The summed E-state index contributed by atoms with van der Waals surface area (Å²) in [5.41, 5.74) is 2.62. The van der Waals surface area contributed by atoms with Crippen LogP contribution in [0.2, 0.25) is 0 Å². The van der Waals surface area contributed by atoms with Gasteiger partial charge in [-0.2, -0.15) is 0 Å². The van der Waals surface area contributed by atoms with Crippen molar-refractivity contribution in [1.29, 1.82) is 0 Å². The molecule has 2 aromatic carbocycles. The summed E-state index contributed by atoms with van der Waals surface area (Å²) < 4.78 is 64.5. The Hall–Kier alpha value is -4.81. The normalized spacial score (nSPS) is 11.4. The number of ether oxygens (including phenoxy) is 4. The molecule has 0 unspecified atom stereocenters. The van der Waals surface area contributed by atoms with Crippen molar-refractivity contribution in [3.8, 4) is 45.8 Å². The number of aliphatic carboxylic acids is 1. The lowest BCUT2D eigenvalue weighted by Gasteiger charge is -2.12. The van der Waals surface area contributed by atoms with E-state index in [1.807, 2.05) is 13.8 Å². The fourth-order valence-electron chi connectivity index (χ4n) is 3.69. The van der Waals surface area contributed by atoms with E-state index in [0.29, 0.717) is 39.4 Å². The topological polar surface area (TPSA) is 126 Å². The van der Waals surface area contributed by atoms with Gasteiger partial charge in [0, 0.05) is 23.5 Å². The first-order chi connectivity index (χ1) is 19.4. The zero-order valence-electron chi connectivity index (χ0n) is 22.5. The van der Waals surface area contributed by atoms with E-state index in [1.54, 1.807) is 26.0 Å². The molecule has 0 aliphatic heterocycles.